The molecule has 0 amide bonds. The third kappa shape index (κ3) is 3.27. The van der Waals surface area contributed by atoms with Crippen molar-refractivity contribution in [1.82, 2.24) is 0 Å². The summed E-state index contributed by atoms with van der Waals surface area (Å²) >= 11 is 0. The number of ether oxygens (including phenoxy) is 1. The van der Waals surface area contributed by atoms with Crippen LogP contribution in [0.15, 0.2) is 23.9 Å². The van der Waals surface area contributed by atoms with E-state index in [4.69, 9.17) is 4.74 Å². The highest BCUT2D eigenvalue weighted by molar-refractivity contribution is 5.53. The Morgan fingerprint density at radius 1 is 1.53 bits per heavy atom. The van der Waals surface area contributed by atoms with E-state index in [1.165, 1.54) is 25.3 Å². The first-order valence-corrected chi connectivity index (χ1v) is 5.15. The molecule has 1 aromatic rings. The Labute approximate surface area is 98.9 Å². The van der Waals surface area contributed by atoms with Gasteiger partial charge in [-0.1, -0.05) is 19.9 Å². The van der Waals surface area contributed by atoms with E-state index < -0.39 is 10.7 Å². The van der Waals surface area contributed by atoms with Crippen molar-refractivity contribution in [3.63, 3.8) is 0 Å². The molecule has 0 bridgehead atoms. The van der Waals surface area contributed by atoms with E-state index in [0.29, 0.717) is 5.56 Å². The Kier molecular flexibility index (Phi) is 4.20. The van der Waals surface area contributed by atoms with Crippen LogP contribution in [0.1, 0.15) is 19.4 Å². The summed E-state index contributed by atoms with van der Waals surface area (Å²) in [7, 11) is 1.37. The summed E-state index contributed by atoms with van der Waals surface area (Å²) in [5.74, 6) is -0.641. The minimum Gasteiger partial charge on any atom is -0.494 e. The van der Waals surface area contributed by atoms with Crippen molar-refractivity contribution < 1.29 is 14.1 Å². The molecule has 0 unspecified atom stereocenters. The maximum absolute atomic E-state index is 13.4. The molecule has 0 radical (unpaired) electrons. The molecular formula is C12H14FNO3. The molecule has 1 aromatic carbocycles. The van der Waals surface area contributed by atoms with Crippen LogP contribution in [0.2, 0.25) is 0 Å². The number of allylic oxidation sites excluding steroid dienone is 1. The topological polar surface area (TPSA) is 52.4 Å². The third-order valence-corrected chi connectivity index (χ3v) is 2.29. The molecule has 0 aliphatic carbocycles. The minimum atomic E-state index is -0.535. The van der Waals surface area contributed by atoms with Crippen molar-refractivity contribution in [2.24, 2.45) is 5.92 Å². The lowest BCUT2D eigenvalue weighted by Gasteiger charge is -2.04. The number of nitrogens with zero attached hydrogens (tertiary/aromatic N) is 1. The van der Waals surface area contributed by atoms with E-state index >= 15 is 0 Å². The summed E-state index contributed by atoms with van der Waals surface area (Å²) in [5.41, 5.74) is 0.498. The summed E-state index contributed by atoms with van der Waals surface area (Å²) in [6.45, 7) is 3.43. The second-order valence-corrected chi connectivity index (χ2v) is 3.87. The quantitative estimate of drug-likeness (QED) is 0.599. The first-order valence-electron chi connectivity index (χ1n) is 5.15. The molecule has 0 aromatic heterocycles. The Morgan fingerprint density at radius 3 is 2.59 bits per heavy atom. The Morgan fingerprint density at radius 2 is 2.18 bits per heavy atom. The molecule has 0 saturated carbocycles. The molecule has 0 aliphatic heterocycles. The van der Waals surface area contributed by atoms with Crippen LogP contribution in [0, 0.1) is 21.8 Å². The Hall–Kier alpha value is -1.91. The maximum Gasteiger partial charge on any atom is 0.249 e. The van der Waals surface area contributed by atoms with Gasteiger partial charge in [0.05, 0.1) is 12.0 Å². The fourth-order valence-corrected chi connectivity index (χ4v) is 1.37. The van der Waals surface area contributed by atoms with E-state index in [9.17, 15) is 14.5 Å². The van der Waals surface area contributed by atoms with E-state index in [0.717, 1.165) is 0 Å². The fraction of sp³-hybridized carbons (Fsp3) is 0.333. The first kappa shape index (κ1) is 13.2. The fourth-order valence-electron chi connectivity index (χ4n) is 1.37. The van der Waals surface area contributed by atoms with Gasteiger partial charge in [-0.25, -0.2) is 4.39 Å². The van der Waals surface area contributed by atoms with Gasteiger partial charge < -0.3 is 4.74 Å². The van der Waals surface area contributed by atoms with Gasteiger partial charge in [-0.05, 0) is 17.7 Å². The molecule has 0 heterocycles. The largest absolute Gasteiger partial charge is 0.494 e. The zero-order chi connectivity index (χ0) is 13.0. The van der Waals surface area contributed by atoms with Gasteiger partial charge in [-0.2, -0.15) is 0 Å². The number of nitro groups is 1. The van der Waals surface area contributed by atoms with E-state index in [-0.39, 0.29) is 17.4 Å². The Bertz CT molecular complexity index is 455. The maximum atomic E-state index is 13.4. The molecule has 0 saturated heterocycles. The lowest BCUT2D eigenvalue weighted by Crippen LogP contribution is -2.05. The van der Waals surface area contributed by atoms with Crippen molar-refractivity contribution in [2.45, 2.75) is 13.8 Å². The van der Waals surface area contributed by atoms with Gasteiger partial charge in [0.1, 0.15) is 0 Å². The van der Waals surface area contributed by atoms with Crippen LogP contribution in [0.5, 0.6) is 5.75 Å². The highest BCUT2D eigenvalue weighted by Crippen LogP contribution is 2.21. The number of halogens is 1. The Balaban J connectivity index is 3.12. The smallest absolute Gasteiger partial charge is 0.249 e. The lowest BCUT2D eigenvalue weighted by atomic mass is 10.1. The van der Waals surface area contributed by atoms with E-state index in [2.05, 4.69) is 0 Å². The molecule has 17 heavy (non-hydrogen) atoms. The summed E-state index contributed by atoms with van der Waals surface area (Å²) in [5, 5.41) is 10.8. The van der Waals surface area contributed by atoms with Gasteiger partial charge in [0, 0.05) is 12.0 Å². The van der Waals surface area contributed by atoms with Crippen LogP contribution >= 0.6 is 0 Å². The first-order chi connectivity index (χ1) is 7.95. The molecular weight excluding hydrogens is 225 g/mol. The second kappa shape index (κ2) is 5.43. The minimum absolute atomic E-state index is 0.0505. The van der Waals surface area contributed by atoms with Crippen LogP contribution in [0.25, 0.3) is 6.08 Å². The van der Waals surface area contributed by atoms with Crippen LogP contribution in [0.4, 0.5) is 4.39 Å². The average molecular weight is 239 g/mol. The monoisotopic (exact) mass is 239 g/mol. The zero-order valence-corrected chi connectivity index (χ0v) is 9.94. The molecule has 0 aliphatic rings. The molecule has 0 atom stereocenters. The zero-order valence-electron chi connectivity index (χ0n) is 9.94. The molecule has 5 heteroatoms. The van der Waals surface area contributed by atoms with Crippen LogP contribution in [0.3, 0.4) is 0 Å². The van der Waals surface area contributed by atoms with Gasteiger partial charge >= 0.3 is 0 Å². The molecule has 1 rings (SSSR count). The van der Waals surface area contributed by atoms with Gasteiger partial charge in [0.15, 0.2) is 11.6 Å². The predicted octanol–water partition coefficient (Wildman–Crippen LogP) is 3.11. The third-order valence-electron chi connectivity index (χ3n) is 2.29. The van der Waals surface area contributed by atoms with Gasteiger partial charge in [-0.3, -0.25) is 10.1 Å². The molecule has 92 valence electrons. The SMILES string of the molecule is COc1ccc(/C=C(/C(C)C)[N+](=O)[O-])cc1F. The number of benzene rings is 1. The highest BCUT2D eigenvalue weighted by atomic mass is 19.1. The van der Waals surface area contributed by atoms with Crippen molar-refractivity contribution in [3.8, 4) is 5.75 Å². The number of methoxy groups -OCH3 is 1. The number of rotatable bonds is 4. The van der Waals surface area contributed by atoms with Gasteiger partial charge in [0.25, 0.3) is 0 Å². The molecule has 0 spiro atoms. The summed E-state index contributed by atoms with van der Waals surface area (Å²) in [6.07, 6.45) is 1.37. The lowest BCUT2D eigenvalue weighted by molar-refractivity contribution is -0.431. The van der Waals surface area contributed by atoms with E-state index in [1.807, 2.05) is 0 Å². The van der Waals surface area contributed by atoms with E-state index in [1.54, 1.807) is 19.9 Å². The van der Waals surface area contributed by atoms with Crippen molar-refractivity contribution in [1.29, 1.82) is 0 Å². The molecule has 4 nitrogen and oxygen atoms in total. The predicted molar refractivity (Wildman–Crippen MR) is 62.8 cm³/mol. The summed E-state index contributed by atoms with van der Waals surface area (Å²) in [4.78, 5) is 10.3. The number of hydrogen-bond acceptors (Lipinski definition) is 3. The van der Waals surface area contributed by atoms with Crippen molar-refractivity contribution in [3.05, 3.63) is 45.4 Å². The van der Waals surface area contributed by atoms with Crippen molar-refractivity contribution in [2.75, 3.05) is 7.11 Å². The standard InChI is InChI=1S/C12H14FNO3/c1-8(2)11(14(15)16)7-9-4-5-12(17-3)10(13)6-9/h4-8H,1-3H3/b11-7-. The highest BCUT2D eigenvalue weighted by Gasteiger charge is 2.15. The summed E-state index contributed by atoms with van der Waals surface area (Å²) < 4.78 is 18.1. The normalized spacial score (nSPS) is 11.7. The van der Waals surface area contributed by atoms with Gasteiger partial charge in [0.2, 0.25) is 5.70 Å². The average Bonchev–Trinajstić information content (AvgIpc) is 2.25. The molecule has 0 fully saturated rings. The number of hydrogen-bond donors (Lipinski definition) is 0. The summed E-state index contributed by atoms with van der Waals surface area (Å²) in [6, 6.07) is 4.23. The van der Waals surface area contributed by atoms with Crippen LogP contribution in [-0.4, -0.2) is 12.0 Å². The second-order valence-electron chi connectivity index (χ2n) is 3.87. The van der Waals surface area contributed by atoms with Gasteiger partial charge in [-0.15, -0.1) is 0 Å². The molecule has 0 N–H and O–H groups in total. The van der Waals surface area contributed by atoms with Crippen LogP contribution in [-0.2, 0) is 0 Å². The van der Waals surface area contributed by atoms with Crippen molar-refractivity contribution >= 4 is 6.08 Å². The van der Waals surface area contributed by atoms with Crippen LogP contribution < -0.4 is 4.74 Å².